The number of thiazole rings is 1. The molecule has 1 atom stereocenters. The number of aromatic nitrogens is 1. The molecule has 7 nitrogen and oxygen atoms in total. The Morgan fingerprint density at radius 1 is 1.57 bits per heavy atom. The second-order valence-electron chi connectivity index (χ2n) is 4.98. The van der Waals surface area contributed by atoms with Gasteiger partial charge in [0.2, 0.25) is 0 Å². The topological polar surface area (TPSA) is 92.5 Å². The highest BCUT2D eigenvalue weighted by molar-refractivity contribution is 7.18. The van der Waals surface area contributed by atoms with Crippen LogP contribution < -0.4 is 21.3 Å². The number of ether oxygens (including phenoxy) is 1. The molecule has 0 aliphatic carbocycles. The summed E-state index contributed by atoms with van der Waals surface area (Å²) in [6.07, 6.45) is 0.808. The third kappa shape index (κ3) is 4.05. The van der Waals surface area contributed by atoms with Gasteiger partial charge in [0.1, 0.15) is 10.7 Å². The third-order valence-corrected chi connectivity index (χ3v) is 4.56. The Hall–Kier alpha value is -1.38. The fourth-order valence-corrected chi connectivity index (χ4v) is 3.13. The number of carbonyl (C=O) groups excluding carboxylic acids is 1. The number of carbonyl (C=O) groups is 1. The zero-order valence-corrected chi connectivity index (χ0v) is 13.3. The molecule has 2 rings (SSSR count). The van der Waals surface area contributed by atoms with E-state index in [2.05, 4.69) is 20.5 Å². The third-order valence-electron chi connectivity index (χ3n) is 3.43. The van der Waals surface area contributed by atoms with Gasteiger partial charge in [-0.1, -0.05) is 18.3 Å². The van der Waals surface area contributed by atoms with E-state index in [1.807, 2.05) is 6.92 Å². The Labute approximate surface area is 128 Å². The number of nitrogens with zero attached hydrogens (tertiary/aromatic N) is 2. The Morgan fingerprint density at radius 3 is 2.90 bits per heavy atom. The quantitative estimate of drug-likeness (QED) is 0.699. The van der Waals surface area contributed by atoms with E-state index in [1.54, 1.807) is 7.11 Å². The van der Waals surface area contributed by atoms with Gasteiger partial charge in [0.05, 0.1) is 12.6 Å². The van der Waals surface area contributed by atoms with E-state index in [0.717, 1.165) is 37.7 Å². The average Bonchev–Trinajstić information content (AvgIpc) is 2.89. The van der Waals surface area contributed by atoms with Gasteiger partial charge in [-0.3, -0.25) is 4.79 Å². The summed E-state index contributed by atoms with van der Waals surface area (Å²) in [4.78, 5) is 19.3. The molecule has 1 aliphatic heterocycles. The molecule has 21 heavy (non-hydrogen) atoms. The van der Waals surface area contributed by atoms with Crippen molar-refractivity contribution in [3.63, 3.8) is 0 Å². The van der Waals surface area contributed by atoms with Crippen molar-refractivity contribution >= 4 is 28.2 Å². The summed E-state index contributed by atoms with van der Waals surface area (Å²) >= 11 is 1.35. The van der Waals surface area contributed by atoms with Crippen LogP contribution in [0.15, 0.2) is 0 Å². The molecule has 4 N–H and O–H groups in total. The van der Waals surface area contributed by atoms with Crippen molar-refractivity contribution in [3.8, 4) is 0 Å². The van der Waals surface area contributed by atoms with Crippen LogP contribution >= 0.6 is 11.3 Å². The number of rotatable bonds is 6. The van der Waals surface area contributed by atoms with Crippen LogP contribution in [0.4, 0.5) is 10.9 Å². The van der Waals surface area contributed by atoms with Crippen LogP contribution in [0.5, 0.6) is 0 Å². The largest absolute Gasteiger partial charge is 0.383 e. The van der Waals surface area contributed by atoms with Gasteiger partial charge in [0.25, 0.3) is 5.91 Å². The summed E-state index contributed by atoms with van der Waals surface area (Å²) in [5.74, 6) is 0.133. The number of nitrogens with two attached hydrogens (primary N) is 1. The van der Waals surface area contributed by atoms with Gasteiger partial charge in [-0.25, -0.2) is 4.98 Å². The first-order chi connectivity index (χ1) is 10.2. The molecule has 118 valence electrons. The minimum Gasteiger partial charge on any atom is -0.383 e. The van der Waals surface area contributed by atoms with Gasteiger partial charge in [-0.2, -0.15) is 0 Å². The van der Waals surface area contributed by atoms with E-state index in [0.29, 0.717) is 17.3 Å². The van der Waals surface area contributed by atoms with Crippen molar-refractivity contribution in [2.45, 2.75) is 19.4 Å². The maximum Gasteiger partial charge on any atom is 0.265 e. The number of amides is 1. The van der Waals surface area contributed by atoms with Crippen LogP contribution in [0.25, 0.3) is 0 Å². The highest BCUT2D eigenvalue weighted by Gasteiger charge is 2.22. The lowest BCUT2D eigenvalue weighted by Crippen LogP contribution is -2.43. The number of methoxy groups -OCH3 is 1. The van der Waals surface area contributed by atoms with Crippen LogP contribution in [0.2, 0.25) is 0 Å². The monoisotopic (exact) mass is 313 g/mol. The van der Waals surface area contributed by atoms with Crippen LogP contribution in [0, 0.1) is 0 Å². The number of anilines is 2. The summed E-state index contributed by atoms with van der Waals surface area (Å²) in [7, 11) is 1.62. The van der Waals surface area contributed by atoms with Gasteiger partial charge >= 0.3 is 0 Å². The van der Waals surface area contributed by atoms with Gasteiger partial charge < -0.3 is 26.0 Å². The van der Waals surface area contributed by atoms with Crippen molar-refractivity contribution < 1.29 is 9.53 Å². The van der Waals surface area contributed by atoms with Crippen molar-refractivity contribution in [1.82, 2.24) is 15.6 Å². The van der Waals surface area contributed by atoms with Crippen molar-refractivity contribution in [2.75, 3.05) is 50.5 Å². The zero-order chi connectivity index (χ0) is 15.2. The standard InChI is InChI=1S/C13H23N5O2S/c1-3-9(8-20-2)16-12(19)10-11(14)17-13(21-10)18-6-4-15-5-7-18/h9,15H,3-8,14H2,1-2H3,(H,16,19). The normalized spacial score (nSPS) is 16.8. The van der Waals surface area contributed by atoms with Gasteiger partial charge in [0, 0.05) is 33.3 Å². The summed E-state index contributed by atoms with van der Waals surface area (Å²) in [5.41, 5.74) is 5.91. The lowest BCUT2D eigenvalue weighted by atomic mass is 10.2. The summed E-state index contributed by atoms with van der Waals surface area (Å²) in [6.45, 7) is 6.11. The van der Waals surface area contributed by atoms with E-state index >= 15 is 0 Å². The van der Waals surface area contributed by atoms with E-state index in [4.69, 9.17) is 10.5 Å². The molecule has 0 spiro atoms. The first-order valence-electron chi connectivity index (χ1n) is 7.17. The number of nitrogen functional groups attached to an aromatic ring is 1. The molecule has 0 saturated carbocycles. The van der Waals surface area contributed by atoms with Crippen LogP contribution in [-0.2, 0) is 4.74 Å². The Morgan fingerprint density at radius 2 is 2.29 bits per heavy atom. The minimum atomic E-state index is -0.171. The molecule has 1 fully saturated rings. The molecule has 0 bridgehead atoms. The minimum absolute atomic E-state index is 0.00774. The Kier molecular flexibility index (Phi) is 5.77. The summed E-state index contributed by atoms with van der Waals surface area (Å²) < 4.78 is 5.09. The number of hydrogen-bond acceptors (Lipinski definition) is 7. The predicted octanol–water partition coefficient (Wildman–Crippen LogP) is 0.290. The molecule has 1 unspecified atom stereocenters. The van der Waals surface area contributed by atoms with Gasteiger partial charge in [0.15, 0.2) is 5.13 Å². The molecule has 1 aliphatic rings. The maximum atomic E-state index is 12.3. The molecule has 2 heterocycles. The zero-order valence-electron chi connectivity index (χ0n) is 12.5. The van der Waals surface area contributed by atoms with Gasteiger partial charge in [-0.15, -0.1) is 0 Å². The van der Waals surface area contributed by atoms with E-state index in [9.17, 15) is 4.79 Å². The van der Waals surface area contributed by atoms with Crippen molar-refractivity contribution in [3.05, 3.63) is 4.88 Å². The smallest absolute Gasteiger partial charge is 0.265 e. The highest BCUT2D eigenvalue weighted by Crippen LogP contribution is 2.28. The second-order valence-corrected chi connectivity index (χ2v) is 5.96. The Balaban J connectivity index is 2.05. The fraction of sp³-hybridized carbons (Fsp3) is 0.692. The molecular weight excluding hydrogens is 290 g/mol. The van der Waals surface area contributed by atoms with Crippen LogP contribution in [-0.4, -0.2) is 56.8 Å². The molecule has 1 amide bonds. The molecule has 1 aromatic rings. The Bertz CT molecular complexity index is 473. The summed E-state index contributed by atoms with van der Waals surface area (Å²) in [6, 6.07) is -0.00774. The van der Waals surface area contributed by atoms with Crippen molar-refractivity contribution in [2.24, 2.45) is 0 Å². The number of hydrogen-bond donors (Lipinski definition) is 3. The average molecular weight is 313 g/mol. The lowest BCUT2D eigenvalue weighted by molar-refractivity contribution is 0.0899. The molecule has 1 aromatic heterocycles. The second kappa shape index (κ2) is 7.58. The summed E-state index contributed by atoms with van der Waals surface area (Å²) in [5, 5.41) is 7.04. The molecular formula is C13H23N5O2S. The van der Waals surface area contributed by atoms with Crippen LogP contribution in [0.1, 0.15) is 23.0 Å². The molecule has 1 saturated heterocycles. The predicted molar refractivity (Wildman–Crippen MR) is 85.0 cm³/mol. The van der Waals surface area contributed by atoms with Crippen LogP contribution in [0.3, 0.4) is 0 Å². The van der Waals surface area contributed by atoms with E-state index in [1.165, 1.54) is 11.3 Å². The SMILES string of the molecule is CCC(COC)NC(=O)c1sc(N2CCNCC2)nc1N. The molecule has 0 radical (unpaired) electrons. The highest BCUT2D eigenvalue weighted by atomic mass is 32.1. The lowest BCUT2D eigenvalue weighted by Gasteiger charge is -2.26. The number of nitrogens with one attached hydrogen (secondary N) is 2. The van der Waals surface area contributed by atoms with E-state index in [-0.39, 0.29) is 11.9 Å². The first kappa shape index (κ1) is 16.0. The first-order valence-corrected chi connectivity index (χ1v) is 7.99. The molecule has 0 aromatic carbocycles. The van der Waals surface area contributed by atoms with Crippen molar-refractivity contribution in [1.29, 1.82) is 0 Å². The number of piperazine rings is 1. The fourth-order valence-electron chi connectivity index (χ4n) is 2.19. The maximum absolute atomic E-state index is 12.3. The molecule has 8 heteroatoms. The van der Waals surface area contributed by atoms with Gasteiger partial charge in [-0.05, 0) is 6.42 Å². The van der Waals surface area contributed by atoms with E-state index < -0.39 is 0 Å².